The summed E-state index contributed by atoms with van der Waals surface area (Å²) >= 11 is 0. The molecular weight excluding hydrogens is 374 g/mol. The average Bonchev–Trinajstić information content (AvgIpc) is 2.78. The number of carbonyl (C=O) groups excluding carboxylic acids is 2. The Labute approximate surface area is 179 Å². The van der Waals surface area contributed by atoms with Crippen LogP contribution in [0.25, 0.3) is 0 Å². The minimum absolute atomic E-state index is 0.000647. The van der Waals surface area contributed by atoms with E-state index in [1.807, 2.05) is 11.0 Å². The highest BCUT2D eigenvalue weighted by Gasteiger charge is 2.32. The largest absolute Gasteiger partial charge is 0.349 e. The lowest BCUT2D eigenvalue weighted by Gasteiger charge is -2.38. The van der Waals surface area contributed by atoms with Crippen LogP contribution in [-0.4, -0.2) is 66.8 Å². The molecule has 4 rings (SSSR count). The molecule has 5 heteroatoms. The second-order valence-electron chi connectivity index (χ2n) is 8.74. The summed E-state index contributed by atoms with van der Waals surface area (Å²) in [6.07, 6.45) is 1.88. The molecule has 0 saturated carbocycles. The third-order valence-corrected chi connectivity index (χ3v) is 6.40. The number of piperidine rings is 1. The first-order valence-corrected chi connectivity index (χ1v) is 10.9. The Morgan fingerprint density at radius 2 is 1.73 bits per heavy atom. The van der Waals surface area contributed by atoms with Gasteiger partial charge in [-0.1, -0.05) is 54.6 Å². The van der Waals surface area contributed by atoms with Gasteiger partial charge < -0.3 is 9.80 Å². The first-order chi connectivity index (χ1) is 14.5. The second kappa shape index (κ2) is 9.00. The summed E-state index contributed by atoms with van der Waals surface area (Å²) in [5, 5.41) is 0. The van der Waals surface area contributed by atoms with Crippen molar-refractivity contribution in [1.29, 1.82) is 0 Å². The van der Waals surface area contributed by atoms with Crippen molar-refractivity contribution >= 4 is 11.8 Å². The third-order valence-electron chi connectivity index (χ3n) is 6.40. The summed E-state index contributed by atoms with van der Waals surface area (Å²) in [4.78, 5) is 31.5. The van der Waals surface area contributed by atoms with Gasteiger partial charge in [0.15, 0.2) is 0 Å². The molecule has 1 saturated heterocycles. The monoisotopic (exact) mass is 405 g/mol. The quantitative estimate of drug-likeness (QED) is 0.786. The van der Waals surface area contributed by atoms with Crippen LogP contribution in [0.15, 0.2) is 54.6 Å². The number of rotatable bonds is 4. The number of hydrogen-bond donors (Lipinski definition) is 0. The average molecular weight is 406 g/mol. The van der Waals surface area contributed by atoms with Gasteiger partial charge in [0.2, 0.25) is 11.8 Å². The number of carbonyl (C=O) groups is 2. The zero-order valence-electron chi connectivity index (χ0n) is 18.0. The maximum absolute atomic E-state index is 13.3. The van der Waals surface area contributed by atoms with Crippen molar-refractivity contribution < 1.29 is 9.59 Å². The van der Waals surface area contributed by atoms with E-state index in [4.69, 9.17) is 0 Å². The minimum atomic E-state index is 0.000647. The molecule has 30 heavy (non-hydrogen) atoms. The van der Waals surface area contributed by atoms with Crippen LogP contribution >= 0.6 is 0 Å². The van der Waals surface area contributed by atoms with Crippen LogP contribution in [0.5, 0.6) is 0 Å². The lowest BCUT2D eigenvalue weighted by molar-refractivity contribution is -0.138. The van der Waals surface area contributed by atoms with E-state index in [0.29, 0.717) is 26.2 Å². The minimum Gasteiger partial charge on any atom is -0.349 e. The second-order valence-corrected chi connectivity index (χ2v) is 8.74. The van der Waals surface area contributed by atoms with Crippen molar-refractivity contribution in [2.24, 2.45) is 5.92 Å². The Kier molecular flexibility index (Phi) is 6.18. The van der Waals surface area contributed by atoms with Crippen molar-refractivity contribution in [2.75, 3.05) is 40.3 Å². The van der Waals surface area contributed by atoms with E-state index in [1.54, 1.807) is 19.0 Å². The van der Waals surface area contributed by atoms with Crippen LogP contribution < -0.4 is 0 Å². The molecule has 2 heterocycles. The summed E-state index contributed by atoms with van der Waals surface area (Å²) < 4.78 is 0. The molecule has 2 aliphatic heterocycles. The first-order valence-electron chi connectivity index (χ1n) is 10.9. The molecule has 2 unspecified atom stereocenters. The van der Waals surface area contributed by atoms with Crippen molar-refractivity contribution in [3.8, 4) is 0 Å². The van der Waals surface area contributed by atoms with Gasteiger partial charge >= 0.3 is 0 Å². The Bertz CT molecular complexity index is 896. The fourth-order valence-electron chi connectivity index (χ4n) is 4.82. The normalized spacial score (nSPS) is 21.7. The van der Waals surface area contributed by atoms with Crippen molar-refractivity contribution in [2.45, 2.75) is 25.3 Å². The van der Waals surface area contributed by atoms with Gasteiger partial charge in [-0.05, 0) is 36.1 Å². The fraction of sp³-hybridized carbons (Fsp3) is 0.440. The molecule has 0 N–H and O–H groups in total. The molecule has 2 atom stereocenters. The van der Waals surface area contributed by atoms with Gasteiger partial charge in [-0.25, -0.2) is 0 Å². The number of nitrogens with zero attached hydrogens (tertiary/aromatic N) is 3. The maximum Gasteiger partial charge on any atom is 0.237 e. The lowest BCUT2D eigenvalue weighted by Crippen LogP contribution is -2.48. The zero-order valence-corrected chi connectivity index (χ0v) is 18.0. The molecule has 2 aliphatic rings. The van der Waals surface area contributed by atoms with Crippen LogP contribution in [0, 0.1) is 5.92 Å². The predicted octanol–water partition coefficient (Wildman–Crippen LogP) is 2.96. The van der Waals surface area contributed by atoms with Gasteiger partial charge in [-0.2, -0.15) is 0 Å². The van der Waals surface area contributed by atoms with Crippen LogP contribution in [0.3, 0.4) is 0 Å². The zero-order chi connectivity index (χ0) is 21.1. The summed E-state index contributed by atoms with van der Waals surface area (Å²) in [5.41, 5.74) is 3.80. The van der Waals surface area contributed by atoms with Gasteiger partial charge in [0, 0.05) is 39.6 Å². The predicted molar refractivity (Wildman–Crippen MR) is 118 cm³/mol. The number of likely N-dealkylation sites (tertiary alicyclic amines) is 1. The van der Waals surface area contributed by atoms with E-state index in [2.05, 4.69) is 53.4 Å². The van der Waals surface area contributed by atoms with Crippen LogP contribution in [0.2, 0.25) is 0 Å². The van der Waals surface area contributed by atoms with Crippen LogP contribution in [0.1, 0.15) is 35.4 Å². The standard InChI is InChI=1S/C25H31N3O2/c1-26(2)25(30)21-12-8-14-27(15-21)18-24(29)28-16-20-11-6-7-13-22(20)23(17-28)19-9-4-3-5-10-19/h3-7,9-11,13,21,23H,8,12,14-18H2,1-2H3. The molecule has 158 valence electrons. The lowest BCUT2D eigenvalue weighted by atomic mass is 9.84. The number of benzene rings is 2. The number of hydrogen-bond acceptors (Lipinski definition) is 3. The first kappa shape index (κ1) is 20.6. The van der Waals surface area contributed by atoms with Gasteiger partial charge in [0.25, 0.3) is 0 Å². The molecule has 2 aromatic rings. The van der Waals surface area contributed by atoms with Gasteiger partial charge in [-0.3, -0.25) is 14.5 Å². The molecule has 2 amide bonds. The molecular formula is C25H31N3O2. The van der Waals surface area contributed by atoms with E-state index in [-0.39, 0.29) is 23.7 Å². The third kappa shape index (κ3) is 4.41. The van der Waals surface area contributed by atoms with E-state index >= 15 is 0 Å². The molecule has 2 aromatic carbocycles. The highest BCUT2D eigenvalue weighted by Crippen LogP contribution is 2.33. The van der Waals surface area contributed by atoms with Crippen LogP contribution in [0.4, 0.5) is 0 Å². The molecule has 1 fully saturated rings. The van der Waals surface area contributed by atoms with E-state index in [0.717, 1.165) is 19.4 Å². The van der Waals surface area contributed by atoms with Crippen molar-refractivity contribution in [3.63, 3.8) is 0 Å². The fourth-order valence-corrected chi connectivity index (χ4v) is 4.82. The van der Waals surface area contributed by atoms with Gasteiger partial charge in [-0.15, -0.1) is 0 Å². The molecule has 5 nitrogen and oxygen atoms in total. The highest BCUT2D eigenvalue weighted by molar-refractivity contribution is 5.80. The smallest absolute Gasteiger partial charge is 0.237 e. The SMILES string of the molecule is CN(C)C(=O)C1CCCN(CC(=O)N2Cc3ccccc3C(c3ccccc3)C2)C1. The Hall–Kier alpha value is -2.66. The van der Waals surface area contributed by atoms with E-state index in [9.17, 15) is 9.59 Å². The van der Waals surface area contributed by atoms with E-state index in [1.165, 1.54) is 16.7 Å². The number of amides is 2. The molecule has 0 aliphatic carbocycles. The molecule has 0 radical (unpaired) electrons. The Balaban J connectivity index is 1.47. The van der Waals surface area contributed by atoms with Gasteiger partial charge in [0.05, 0.1) is 12.5 Å². The molecule has 0 spiro atoms. The van der Waals surface area contributed by atoms with Gasteiger partial charge in [0.1, 0.15) is 0 Å². The van der Waals surface area contributed by atoms with Crippen molar-refractivity contribution in [3.05, 3.63) is 71.3 Å². The Morgan fingerprint density at radius 1 is 1.00 bits per heavy atom. The maximum atomic E-state index is 13.3. The molecule has 0 bridgehead atoms. The topological polar surface area (TPSA) is 43.9 Å². The Morgan fingerprint density at radius 3 is 2.50 bits per heavy atom. The summed E-state index contributed by atoms with van der Waals surface area (Å²) in [5.74, 6) is 0.525. The summed E-state index contributed by atoms with van der Waals surface area (Å²) in [6.45, 7) is 3.31. The highest BCUT2D eigenvalue weighted by atomic mass is 16.2. The molecule has 0 aromatic heterocycles. The van der Waals surface area contributed by atoms with Crippen LogP contribution in [-0.2, 0) is 16.1 Å². The summed E-state index contributed by atoms with van der Waals surface area (Å²) in [6, 6.07) is 18.9. The summed E-state index contributed by atoms with van der Waals surface area (Å²) in [7, 11) is 3.61. The van der Waals surface area contributed by atoms with E-state index < -0.39 is 0 Å². The van der Waals surface area contributed by atoms with Crippen molar-refractivity contribution in [1.82, 2.24) is 14.7 Å². The number of fused-ring (bicyclic) bond motifs is 1.